The molecule has 0 N–H and O–H groups in total. The molecule has 0 aliphatic carbocycles. The van der Waals surface area contributed by atoms with Crippen molar-refractivity contribution in [1.29, 1.82) is 0 Å². The lowest BCUT2D eigenvalue weighted by atomic mass is 9.69. The highest BCUT2D eigenvalue weighted by molar-refractivity contribution is 6.66. The maximum atomic E-state index is 13.9. The zero-order chi connectivity index (χ0) is 21.6. The predicted octanol–water partition coefficient (Wildman–Crippen LogP) is 5.49. The zero-order valence-electron chi connectivity index (χ0n) is 16.6. The summed E-state index contributed by atoms with van der Waals surface area (Å²) in [7, 11) is -0.818. The Morgan fingerprint density at radius 1 is 0.935 bits per heavy atom. The fourth-order valence-electron chi connectivity index (χ4n) is 5.12. The molecule has 2 nitrogen and oxygen atoms in total. The van der Waals surface area contributed by atoms with Crippen molar-refractivity contribution in [2.45, 2.75) is 30.7 Å². The Hall–Kier alpha value is -2.28. The average Bonchev–Trinajstić information content (AvgIpc) is 3.37. The number of benzene rings is 3. The molecule has 0 radical (unpaired) electrons. The Morgan fingerprint density at radius 3 is 2.13 bits per heavy atom. The fourth-order valence-corrected chi connectivity index (χ4v) is 5.29. The van der Waals surface area contributed by atoms with Crippen LogP contribution in [0.25, 0.3) is 0 Å². The van der Waals surface area contributed by atoms with Gasteiger partial charge >= 0.3 is 13.2 Å². The minimum atomic E-state index is -4.52. The Kier molecular flexibility index (Phi) is 5.12. The summed E-state index contributed by atoms with van der Waals surface area (Å²) in [6.07, 6.45) is -2.78. The molecule has 0 spiro atoms. The molecule has 1 atom stereocenters. The van der Waals surface area contributed by atoms with Crippen molar-refractivity contribution < 1.29 is 17.8 Å². The van der Waals surface area contributed by atoms with E-state index >= 15 is 0 Å². The highest BCUT2D eigenvalue weighted by Gasteiger charge is 2.60. The van der Waals surface area contributed by atoms with Gasteiger partial charge in [-0.25, -0.2) is 0 Å². The number of nitrogens with zero attached hydrogens (tertiary/aromatic N) is 1. The number of fused-ring (bicyclic) bond motifs is 1. The molecule has 2 aliphatic rings. The Balaban J connectivity index is 1.71. The van der Waals surface area contributed by atoms with E-state index in [1.807, 2.05) is 60.7 Å². The van der Waals surface area contributed by atoms with E-state index in [9.17, 15) is 13.2 Å². The van der Waals surface area contributed by atoms with Gasteiger partial charge in [0, 0.05) is 11.1 Å². The van der Waals surface area contributed by atoms with Gasteiger partial charge in [-0.05, 0) is 48.1 Å². The van der Waals surface area contributed by atoms with Crippen molar-refractivity contribution in [2.24, 2.45) is 0 Å². The van der Waals surface area contributed by atoms with Crippen molar-refractivity contribution >= 4 is 24.1 Å². The average molecular weight is 442 g/mol. The zero-order valence-corrected chi connectivity index (χ0v) is 17.4. The van der Waals surface area contributed by atoms with E-state index in [-0.39, 0.29) is 16.5 Å². The van der Waals surface area contributed by atoms with E-state index < -0.39 is 24.4 Å². The molecule has 0 saturated carbocycles. The van der Waals surface area contributed by atoms with Crippen LogP contribution in [0.4, 0.5) is 13.2 Å². The topological polar surface area (TPSA) is 12.5 Å². The molecule has 2 fully saturated rings. The maximum Gasteiger partial charge on any atom is 0.420 e. The first-order valence-electron chi connectivity index (χ1n) is 10.3. The van der Waals surface area contributed by atoms with E-state index in [1.54, 1.807) is 0 Å². The lowest BCUT2D eigenvalue weighted by Crippen LogP contribution is -2.48. The van der Waals surface area contributed by atoms with Crippen LogP contribution in [0.3, 0.4) is 0 Å². The molecular weight excluding hydrogens is 422 g/mol. The first kappa shape index (κ1) is 20.6. The SMILES string of the molecule is FC(F)(F)c1cc(Cl)ccc1B1OC(c2ccccc2)(c2ccccc2)[C@@H]2CCCN12. The summed E-state index contributed by atoms with van der Waals surface area (Å²) in [6.45, 7) is 0.677. The van der Waals surface area contributed by atoms with Crippen LogP contribution < -0.4 is 5.46 Å². The molecule has 0 bridgehead atoms. The quantitative estimate of drug-likeness (QED) is 0.498. The van der Waals surface area contributed by atoms with Crippen LogP contribution in [0.15, 0.2) is 78.9 Å². The maximum absolute atomic E-state index is 13.9. The fraction of sp³-hybridized carbons (Fsp3) is 0.250. The number of hydrogen-bond acceptors (Lipinski definition) is 2. The molecule has 2 aliphatic heterocycles. The van der Waals surface area contributed by atoms with E-state index in [1.165, 1.54) is 12.1 Å². The molecule has 3 aromatic rings. The standard InChI is InChI=1S/C24H20BClF3NO/c26-19-13-14-21(20(16-19)24(27,28)29)25-30-15-7-12-22(30)23(31-25,17-8-3-1-4-9-17)18-10-5-2-6-11-18/h1-6,8-11,13-14,16,22H,7,12,15H2/t22-/m0/s1. The van der Waals surface area contributed by atoms with Crippen molar-refractivity contribution in [3.63, 3.8) is 0 Å². The summed E-state index contributed by atoms with van der Waals surface area (Å²) in [5.74, 6) is 0. The molecule has 2 saturated heterocycles. The van der Waals surface area contributed by atoms with Crippen LogP contribution in [0.2, 0.25) is 5.02 Å². The Bertz CT molecular complexity index is 1040. The van der Waals surface area contributed by atoms with Crippen molar-refractivity contribution in [3.05, 3.63) is 101 Å². The molecule has 0 amide bonds. The van der Waals surface area contributed by atoms with Crippen LogP contribution >= 0.6 is 11.6 Å². The summed E-state index contributed by atoms with van der Waals surface area (Å²) in [6, 6.07) is 23.5. The van der Waals surface area contributed by atoms with Gasteiger partial charge in [-0.2, -0.15) is 13.2 Å². The summed E-state index contributed by atoms with van der Waals surface area (Å²) >= 11 is 5.93. The van der Waals surface area contributed by atoms with Crippen LogP contribution in [0.1, 0.15) is 29.5 Å². The van der Waals surface area contributed by atoms with E-state index in [2.05, 4.69) is 4.81 Å². The molecule has 0 unspecified atom stereocenters. The molecule has 7 heteroatoms. The number of rotatable bonds is 3. The van der Waals surface area contributed by atoms with Gasteiger partial charge in [-0.3, -0.25) is 0 Å². The van der Waals surface area contributed by atoms with Crippen LogP contribution in [0.5, 0.6) is 0 Å². The van der Waals surface area contributed by atoms with Gasteiger partial charge in [0.1, 0.15) is 5.60 Å². The second-order valence-corrected chi connectivity index (χ2v) is 8.50. The van der Waals surface area contributed by atoms with Gasteiger partial charge < -0.3 is 9.47 Å². The van der Waals surface area contributed by atoms with Gasteiger partial charge in [0.05, 0.1) is 5.56 Å². The highest BCUT2D eigenvalue weighted by atomic mass is 35.5. The second-order valence-electron chi connectivity index (χ2n) is 8.06. The van der Waals surface area contributed by atoms with Gasteiger partial charge in [0.15, 0.2) is 0 Å². The van der Waals surface area contributed by atoms with Gasteiger partial charge in [-0.1, -0.05) is 78.3 Å². The third-order valence-corrected chi connectivity index (χ3v) is 6.59. The minimum absolute atomic E-state index is 0.0597. The summed E-state index contributed by atoms with van der Waals surface area (Å²) in [5.41, 5.74) is 0.406. The molecular formula is C24H20BClF3NO. The molecule has 5 rings (SSSR count). The summed E-state index contributed by atoms with van der Waals surface area (Å²) < 4.78 is 48.5. The van der Waals surface area contributed by atoms with E-state index in [0.717, 1.165) is 30.0 Å². The lowest BCUT2D eigenvalue weighted by molar-refractivity contribution is -0.136. The monoisotopic (exact) mass is 441 g/mol. The van der Waals surface area contributed by atoms with E-state index in [0.29, 0.717) is 6.54 Å². The third-order valence-electron chi connectivity index (χ3n) is 6.35. The highest BCUT2D eigenvalue weighted by Crippen LogP contribution is 2.49. The van der Waals surface area contributed by atoms with Gasteiger partial charge in [0.25, 0.3) is 0 Å². The second kappa shape index (κ2) is 7.70. The molecule has 0 aromatic heterocycles. The Morgan fingerprint density at radius 2 is 1.55 bits per heavy atom. The molecule has 3 aromatic carbocycles. The van der Waals surface area contributed by atoms with Crippen molar-refractivity contribution in [2.75, 3.05) is 6.54 Å². The van der Waals surface area contributed by atoms with Gasteiger partial charge in [-0.15, -0.1) is 0 Å². The molecule has 2 heterocycles. The number of halogens is 4. The normalized spacial score (nSPS) is 20.8. The largest absolute Gasteiger partial charge is 0.420 e. The summed E-state index contributed by atoms with van der Waals surface area (Å²) in [5, 5.41) is 0.0597. The van der Waals surface area contributed by atoms with Crippen molar-refractivity contribution in [1.82, 2.24) is 4.81 Å². The molecule has 158 valence electrons. The number of alkyl halides is 3. The minimum Gasteiger partial charge on any atom is -0.402 e. The van der Waals surface area contributed by atoms with Crippen molar-refractivity contribution in [3.8, 4) is 0 Å². The predicted molar refractivity (Wildman–Crippen MR) is 116 cm³/mol. The van der Waals surface area contributed by atoms with E-state index in [4.69, 9.17) is 16.3 Å². The third kappa shape index (κ3) is 3.38. The molecule has 31 heavy (non-hydrogen) atoms. The first-order chi connectivity index (χ1) is 14.9. The first-order valence-corrected chi connectivity index (χ1v) is 10.7. The smallest absolute Gasteiger partial charge is 0.402 e. The van der Waals surface area contributed by atoms with Crippen LogP contribution in [-0.2, 0) is 16.4 Å². The lowest BCUT2D eigenvalue weighted by Gasteiger charge is -2.36. The number of hydrogen-bond donors (Lipinski definition) is 0. The van der Waals surface area contributed by atoms with Gasteiger partial charge in [0.2, 0.25) is 0 Å². The Labute approximate surface area is 184 Å². The van der Waals surface area contributed by atoms with Crippen LogP contribution in [-0.4, -0.2) is 24.4 Å². The van der Waals surface area contributed by atoms with Crippen LogP contribution in [0, 0.1) is 0 Å². The summed E-state index contributed by atoms with van der Waals surface area (Å²) in [4.78, 5) is 2.08.